The van der Waals surface area contributed by atoms with Crippen LogP contribution in [0.2, 0.25) is 0 Å². The minimum atomic E-state index is -0.625. The predicted octanol–water partition coefficient (Wildman–Crippen LogP) is 1.82. The van der Waals surface area contributed by atoms with Crippen molar-refractivity contribution < 1.29 is 23.9 Å². The Bertz CT molecular complexity index is 994. The van der Waals surface area contributed by atoms with Gasteiger partial charge in [0.05, 0.1) is 25.5 Å². The lowest BCUT2D eigenvalue weighted by atomic mass is 10.1. The Morgan fingerprint density at radius 2 is 1.79 bits per heavy atom. The number of carbonyl (C=O) groups is 3. The summed E-state index contributed by atoms with van der Waals surface area (Å²) >= 11 is 0. The molecule has 0 saturated carbocycles. The van der Waals surface area contributed by atoms with Crippen molar-refractivity contribution in [2.75, 3.05) is 19.5 Å². The van der Waals surface area contributed by atoms with E-state index in [0.717, 1.165) is 0 Å². The number of nitrogens with zero attached hydrogens (tertiary/aromatic N) is 1. The number of hydrogen-bond donors (Lipinski definition) is 3. The van der Waals surface area contributed by atoms with Crippen LogP contribution in [0.5, 0.6) is 0 Å². The number of rotatable bonds is 6. The summed E-state index contributed by atoms with van der Waals surface area (Å²) in [5.41, 5.74) is 12.4. The third kappa shape index (κ3) is 5.93. The number of ether oxygens (including phenoxy) is 2. The molecule has 150 valence electrons. The minimum Gasteiger partial charge on any atom is -0.466 e. The van der Waals surface area contributed by atoms with Gasteiger partial charge < -0.3 is 26.3 Å². The highest BCUT2D eigenvalue weighted by Gasteiger charge is 2.14. The van der Waals surface area contributed by atoms with E-state index >= 15 is 0 Å². The maximum absolute atomic E-state index is 12.5. The summed E-state index contributed by atoms with van der Waals surface area (Å²) in [6, 6.07) is 11.0. The Labute approximate surface area is 167 Å². The van der Waals surface area contributed by atoms with Crippen molar-refractivity contribution >= 4 is 41.3 Å². The van der Waals surface area contributed by atoms with Crippen molar-refractivity contribution in [1.29, 1.82) is 0 Å². The molecular weight excluding hydrogens is 376 g/mol. The second-order valence-electron chi connectivity index (χ2n) is 5.69. The zero-order valence-electron chi connectivity index (χ0n) is 15.8. The quantitative estimate of drug-likeness (QED) is 0.292. The third-order valence-electron chi connectivity index (χ3n) is 3.68. The highest BCUT2D eigenvalue weighted by molar-refractivity contribution is 6.06. The predicted molar refractivity (Wildman–Crippen MR) is 109 cm³/mol. The molecule has 1 amide bonds. The van der Waals surface area contributed by atoms with E-state index in [4.69, 9.17) is 16.2 Å². The molecule has 9 nitrogen and oxygen atoms in total. The summed E-state index contributed by atoms with van der Waals surface area (Å²) in [5, 5.41) is 2.69. The van der Waals surface area contributed by atoms with Gasteiger partial charge in [0.15, 0.2) is 5.96 Å². The summed E-state index contributed by atoms with van der Waals surface area (Å²) in [6.07, 6.45) is 2.59. The zero-order valence-corrected chi connectivity index (χ0v) is 15.8. The third-order valence-corrected chi connectivity index (χ3v) is 3.68. The van der Waals surface area contributed by atoms with Gasteiger partial charge in [0.25, 0.3) is 5.91 Å². The number of esters is 2. The van der Waals surface area contributed by atoms with Gasteiger partial charge in [-0.3, -0.25) is 4.79 Å². The average Bonchev–Trinajstić information content (AvgIpc) is 2.71. The summed E-state index contributed by atoms with van der Waals surface area (Å²) in [5.74, 6) is -1.74. The van der Waals surface area contributed by atoms with Crippen molar-refractivity contribution in [3.05, 3.63) is 65.2 Å². The van der Waals surface area contributed by atoms with E-state index in [1.807, 2.05) is 0 Å². The molecule has 0 aliphatic rings. The molecule has 0 aromatic heterocycles. The number of anilines is 1. The second kappa shape index (κ2) is 9.70. The lowest BCUT2D eigenvalue weighted by molar-refractivity contribution is -0.134. The number of benzene rings is 2. The Kier molecular flexibility index (Phi) is 7.08. The maximum Gasteiger partial charge on any atom is 0.338 e. The number of nitrogens with two attached hydrogens (primary N) is 2. The fourth-order valence-corrected chi connectivity index (χ4v) is 2.36. The van der Waals surface area contributed by atoms with Gasteiger partial charge in [0, 0.05) is 17.3 Å². The van der Waals surface area contributed by atoms with Crippen molar-refractivity contribution in [3.63, 3.8) is 0 Å². The molecule has 5 N–H and O–H groups in total. The Hall–Kier alpha value is -4.14. The molecule has 0 unspecified atom stereocenters. The van der Waals surface area contributed by atoms with Gasteiger partial charge in [0.1, 0.15) is 0 Å². The normalized spacial score (nSPS) is 10.3. The van der Waals surface area contributed by atoms with Crippen LogP contribution in [0, 0.1) is 0 Å². The number of nitrogens with one attached hydrogen (secondary N) is 1. The van der Waals surface area contributed by atoms with Crippen molar-refractivity contribution in [2.24, 2.45) is 16.5 Å². The van der Waals surface area contributed by atoms with Gasteiger partial charge in [0.2, 0.25) is 0 Å². The van der Waals surface area contributed by atoms with Crippen LogP contribution in [-0.4, -0.2) is 38.0 Å². The van der Waals surface area contributed by atoms with Gasteiger partial charge in [-0.2, -0.15) is 0 Å². The number of aliphatic imine (C=N–C) groups is 1. The van der Waals surface area contributed by atoms with Gasteiger partial charge >= 0.3 is 11.9 Å². The topological polar surface area (TPSA) is 146 Å². The summed E-state index contributed by atoms with van der Waals surface area (Å²) in [6.45, 7) is 0. The van der Waals surface area contributed by atoms with Crippen LogP contribution in [0.15, 0.2) is 53.5 Å². The molecule has 2 aromatic rings. The van der Waals surface area contributed by atoms with Crippen LogP contribution >= 0.6 is 0 Å². The first-order valence-electron chi connectivity index (χ1n) is 8.33. The molecule has 0 aliphatic heterocycles. The molecule has 0 spiro atoms. The highest BCUT2D eigenvalue weighted by Crippen LogP contribution is 2.20. The molecule has 29 heavy (non-hydrogen) atoms. The molecule has 2 aromatic carbocycles. The van der Waals surface area contributed by atoms with Crippen LogP contribution < -0.4 is 16.8 Å². The lowest BCUT2D eigenvalue weighted by Crippen LogP contribution is -2.22. The van der Waals surface area contributed by atoms with Crippen LogP contribution in [-0.2, 0) is 14.3 Å². The van der Waals surface area contributed by atoms with E-state index in [2.05, 4.69) is 15.0 Å². The fraction of sp³-hybridized carbons (Fsp3) is 0.100. The average molecular weight is 396 g/mol. The Morgan fingerprint density at radius 1 is 1.03 bits per heavy atom. The van der Waals surface area contributed by atoms with Crippen LogP contribution in [0.4, 0.5) is 11.4 Å². The first-order chi connectivity index (χ1) is 13.8. The molecule has 0 aliphatic carbocycles. The lowest BCUT2D eigenvalue weighted by Gasteiger charge is -2.10. The van der Waals surface area contributed by atoms with E-state index in [9.17, 15) is 14.4 Å². The molecule has 0 fully saturated rings. The highest BCUT2D eigenvalue weighted by atomic mass is 16.5. The van der Waals surface area contributed by atoms with Gasteiger partial charge in [-0.1, -0.05) is 12.1 Å². The monoisotopic (exact) mass is 396 g/mol. The SMILES string of the molecule is COC(=O)/C=C/c1ccc(NC(=O)c2cccc(N=C(N)N)c2)cc1C(=O)OC. The van der Waals surface area contributed by atoms with Crippen molar-refractivity contribution in [2.45, 2.75) is 0 Å². The number of hydrogen-bond acceptors (Lipinski definition) is 6. The smallest absolute Gasteiger partial charge is 0.338 e. The standard InChI is InChI=1S/C20H20N4O5/c1-28-17(25)9-7-12-6-8-15(11-16(12)19(27)29-2)23-18(26)13-4-3-5-14(10-13)24-20(21)22/h3-11H,1-2H3,(H,23,26)(H4,21,22,24)/b9-7+. The molecule has 0 atom stereocenters. The number of methoxy groups -OCH3 is 2. The first kappa shape index (κ1) is 21.2. The molecule has 0 heterocycles. The Balaban J connectivity index is 2.30. The largest absolute Gasteiger partial charge is 0.466 e. The Morgan fingerprint density at radius 3 is 2.45 bits per heavy atom. The fourth-order valence-electron chi connectivity index (χ4n) is 2.36. The van der Waals surface area contributed by atoms with Crippen molar-refractivity contribution in [1.82, 2.24) is 0 Å². The van der Waals surface area contributed by atoms with Gasteiger partial charge in [-0.15, -0.1) is 0 Å². The second-order valence-corrected chi connectivity index (χ2v) is 5.69. The van der Waals surface area contributed by atoms with Gasteiger partial charge in [-0.25, -0.2) is 14.6 Å². The summed E-state index contributed by atoms with van der Waals surface area (Å²) < 4.78 is 9.30. The van der Waals surface area contributed by atoms with E-state index in [0.29, 0.717) is 22.5 Å². The molecule has 0 radical (unpaired) electrons. The minimum absolute atomic E-state index is 0.124. The van der Waals surface area contributed by atoms with Crippen LogP contribution in [0.1, 0.15) is 26.3 Å². The number of carbonyl (C=O) groups excluding carboxylic acids is 3. The summed E-state index contributed by atoms with van der Waals surface area (Å²) in [4.78, 5) is 39.8. The number of guanidine groups is 1. The van der Waals surface area contributed by atoms with E-state index in [-0.39, 0.29) is 11.5 Å². The van der Waals surface area contributed by atoms with E-state index in [1.165, 1.54) is 38.5 Å². The van der Waals surface area contributed by atoms with Gasteiger partial charge in [-0.05, 0) is 42.0 Å². The molecule has 0 saturated heterocycles. The molecule has 2 rings (SSSR count). The summed E-state index contributed by atoms with van der Waals surface area (Å²) in [7, 11) is 2.48. The van der Waals surface area contributed by atoms with E-state index in [1.54, 1.807) is 30.3 Å². The maximum atomic E-state index is 12.5. The molecular formula is C20H20N4O5. The first-order valence-corrected chi connectivity index (χ1v) is 8.33. The van der Waals surface area contributed by atoms with E-state index < -0.39 is 17.8 Å². The van der Waals surface area contributed by atoms with Crippen LogP contribution in [0.25, 0.3) is 6.08 Å². The molecule has 9 heteroatoms. The van der Waals surface area contributed by atoms with Crippen molar-refractivity contribution in [3.8, 4) is 0 Å². The number of amides is 1. The van der Waals surface area contributed by atoms with Crippen LogP contribution in [0.3, 0.4) is 0 Å². The zero-order chi connectivity index (χ0) is 21.4. The molecule has 0 bridgehead atoms.